The second-order valence-corrected chi connectivity index (χ2v) is 7.93. The summed E-state index contributed by atoms with van der Waals surface area (Å²) in [5, 5.41) is 9.61. The van der Waals surface area contributed by atoms with Crippen LogP contribution in [0, 0.1) is 11.3 Å². The molecule has 130 valence electrons. The van der Waals surface area contributed by atoms with Gasteiger partial charge in [-0.2, -0.15) is 5.26 Å². The lowest BCUT2D eigenvalue weighted by atomic mass is 9.79. The predicted octanol–water partition coefficient (Wildman–Crippen LogP) is 2.88. The molecule has 0 unspecified atom stereocenters. The summed E-state index contributed by atoms with van der Waals surface area (Å²) >= 11 is 0. The summed E-state index contributed by atoms with van der Waals surface area (Å²) in [5.74, 6) is 0.711. The molecule has 0 bridgehead atoms. The molecule has 1 aromatic rings. The fraction of sp³-hybridized carbons (Fsp3) is 0.667. The number of anilines is 1. The number of hydrogen-bond donors (Lipinski definition) is 0. The lowest BCUT2D eigenvalue weighted by Gasteiger charge is -2.32. The van der Waals surface area contributed by atoms with Crippen molar-refractivity contribution in [1.29, 1.82) is 5.26 Å². The first-order valence-electron chi connectivity index (χ1n) is 8.54. The highest BCUT2D eigenvalue weighted by Gasteiger charge is 2.52. The number of rotatable bonds is 4. The van der Waals surface area contributed by atoms with E-state index >= 15 is 0 Å². The van der Waals surface area contributed by atoms with Gasteiger partial charge < -0.3 is 14.2 Å². The Morgan fingerprint density at radius 2 is 1.58 bits per heavy atom. The van der Waals surface area contributed by atoms with Gasteiger partial charge in [0, 0.05) is 23.7 Å². The van der Waals surface area contributed by atoms with E-state index in [1.807, 2.05) is 33.8 Å². The van der Waals surface area contributed by atoms with Crippen molar-refractivity contribution in [3.63, 3.8) is 0 Å². The highest BCUT2D eigenvalue weighted by atomic mass is 16.7. The Morgan fingerprint density at radius 1 is 1.08 bits per heavy atom. The molecular formula is C18H28BN3O2. The third-order valence-corrected chi connectivity index (χ3v) is 4.89. The van der Waals surface area contributed by atoms with Crippen LogP contribution in [0.2, 0.25) is 0 Å². The van der Waals surface area contributed by atoms with E-state index in [0.29, 0.717) is 11.4 Å². The molecule has 0 N–H and O–H groups in total. The molecule has 0 aliphatic carbocycles. The molecule has 1 saturated heterocycles. The van der Waals surface area contributed by atoms with Crippen molar-refractivity contribution >= 4 is 18.4 Å². The number of hydrogen-bond acceptors (Lipinski definition) is 5. The van der Waals surface area contributed by atoms with Gasteiger partial charge in [-0.25, -0.2) is 4.98 Å². The van der Waals surface area contributed by atoms with Crippen LogP contribution >= 0.6 is 0 Å². The smallest absolute Gasteiger partial charge is 0.399 e. The zero-order chi connectivity index (χ0) is 18.3. The minimum atomic E-state index is -0.504. The summed E-state index contributed by atoms with van der Waals surface area (Å²) in [5.41, 5.74) is 0.502. The van der Waals surface area contributed by atoms with E-state index in [1.165, 1.54) is 0 Å². The van der Waals surface area contributed by atoms with Crippen LogP contribution in [-0.4, -0.2) is 35.4 Å². The predicted molar refractivity (Wildman–Crippen MR) is 97.4 cm³/mol. The quantitative estimate of drug-likeness (QED) is 0.795. The van der Waals surface area contributed by atoms with Crippen LogP contribution < -0.4 is 10.4 Å². The molecule has 6 heteroatoms. The van der Waals surface area contributed by atoms with Crippen LogP contribution in [-0.2, 0) is 9.31 Å². The first-order valence-corrected chi connectivity index (χ1v) is 8.54. The molecule has 0 aromatic carbocycles. The third kappa shape index (κ3) is 3.29. The second kappa shape index (κ2) is 6.38. The van der Waals surface area contributed by atoms with Crippen LogP contribution in [0.25, 0.3) is 0 Å². The molecule has 0 amide bonds. The maximum atomic E-state index is 9.61. The van der Waals surface area contributed by atoms with Crippen LogP contribution in [0.1, 0.15) is 61.0 Å². The molecule has 1 fully saturated rings. The summed E-state index contributed by atoms with van der Waals surface area (Å²) in [6.07, 6.45) is 1.76. The maximum absolute atomic E-state index is 9.61. The molecule has 5 nitrogen and oxygen atoms in total. The summed E-state index contributed by atoms with van der Waals surface area (Å²) < 4.78 is 12.1. The average Bonchev–Trinajstić information content (AvgIpc) is 2.67. The number of nitriles is 1. The molecule has 24 heavy (non-hydrogen) atoms. The van der Waals surface area contributed by atoms with Crippen LogP contribution in [0.15, 0.2) is 12.3 Å². The van der Waals surface area contributed by atoms with Crippen molar-refractivity contribution in [1.82, 2.24) is 4.98 Å². The minimum Gasteiger partial charge on any atom is -0.399 e. The summed E-state index contributed by atoms with van der Waals surface area (Å²) in [6.45, 7) is 16.5. The van der Waals surface area contributed by atoms with Crippen molar-refractivity contribution in [3.8, 4) is 6.07 Å². The number of nitrogens with zero attached hydrogens (tertiary/aromatic N) is 3. The Balaban J connectivity index is 2.39. The van der Waals surface area contributed by atoms with Gasteiger partial charge in [-0.3, -0.25) is 0 Å². The van der Waals surface area contributed by atoms with Crippen molar-refractivity contribution in [2.75, 3.05) is 4.90 Å². The second-order valence-electron chi connectivity index (χ2n) is 7.93. The summed E-state index contributed by atoms with van der Waals surface area (Å²) in [4.78, 5) is 6.72. The van der Waals surface area contributed by atoms with E-state index in [9.17, 15) is 5.26 Å². The Kier molecular flexibility index (Phi) is 4.99. The van der Waals surface area contributed by atoms with E-state index in [1.54, 1.807) is 6.20 Å². The number of pyridine rings is 1. The van der Waals surface area contributed by atoms with Crippen LogP contribution in [0.5, 0.6) is 0 Å². The molecule has 1 aliphatic heterocycles. The zero-order valence-corrected chi connectivity index (χ0v) is 16.0. The van der Waals surface area contributed by atoms with E-state index in [4.69, 9.17) is 9.31 Å². The molecule has 0 saturated carbocycles. The van der Waals surface area contributed by atoms with Crippen LogP contribution in [0.4, 0.5) is 5.82 Å². The van der Waals surface area contributed by atoms with Gasteiger partial charge in [0.25, 0.3) is 0 Å². The largest absolute Gasteiger partial charge is 0.496 e. The maximum Gasteiger partial charge on any atom is 0.496 e. The van der Waals surface area contributed by atoms with Gasteiger partial charge in [0.2, 0.25) is 0 Å². The van der Waals surface area contributed by atoms with Gasteiger partial charge in [0.1, 0.15) is 11.9 Å². The normalized spacial score (nSPS) is 19.0. The Bertz CT molecular complexity index is 626. The van der Waals surface area contributed by atoms with Gasteiger partial charge in [0.05, 0.1) is 16.8 Å². The molecular weight excluding hydrogens is 301 g/mol. The summed E-state index contributed by atoms with van der Waals surface area (Å²) in [6, 6.07) is 4.62. The highest BCUT2D eigenvalue weighted by Crippen LogP contribution is 2.36. The first kappa shape index (κ1) is 18.8. The van der Waals surface area contributed by atoms with E-state index in [2.05, 4.69) is 43.6 Å². The SMILES string of the molecule is CC(C)N(c1ncc(B2OC(C)(C)C(C)(C)O2)cc1C#N)C(C)C. The lowest BCUT2D eigenvalue weighted by Crippen LogP contribution is -2.41. The van der Waals surface area contributed by atoms with Crippen molar-refractivity contribution in [2.24, 2.45) is 0 Å². The van der Waals surface area contributed by atoms with E-state index < -0.39 is 18.3 Å². The molecule has 0 atom stereocenters. The Morgan fingerprint density at radius 3 is 2.00 bits per heavy atom. The highest BCUT2D eigenvalue weighted by molar-refractivity contribution is 6.62. The molecule has 0 spiro atoms. The molecule has 1 aromatic heterocycles. The van der Waals surface area contributed by atoms with Crippen LogP contribution in [0.3, 0.4) is 0 Å². The summed E-state index contributed by atoms with van der Waals surface area (Å²) in [7, 11) is -0.504. The van der Waals surface area contributed by atoms with Gasteiger partial charge in [0.15, 0.2) is 0 Å². The van der Waals surface area contributed by atoms with Crippen molar-refractivity contribution < 1.29 is 9.31 Å². The van der Waals surface area contributed by atoms with Gasteiger partial charge in [-0.1, -0.05) is 0 Å². The zero-order valence-electron chi connectivity index (χ0n) is 16.0. The van der Waals surface area contributed by atoms with Crippen molar-refractivity contribution in [3.05, 3.63) is 17.8 Å². The average molecular weight is 329 g/mol. The van der Waals surface area contributed by atoms with Gasteiger partial charge in [-0.15, -0.1) is 0 Å². The first-order chi connectivity index (χ1) is 11.0. The third-order valence-electron chi connectivity index (χ3n) is 4.89. The molecule has 2 rings (SSSR count). The fourth-order valence-corrected chi connectivity index (χ4v) is 2.96. The fourth-order valence-electron chi connectivity index (χ4n) is 2.96. The van der Waals surface area contributed by atoms with Crippen molar-refractivity contribution in [2.45, 2.75) is 78.7 Å². The minimum absolute atomic E-state index is 0.257. The lowest BCUT2D eigenvalue weighted by molar-refractivity contribution is 0.00578. The molecule has 2 heterocycles. The number of aromatic nitrogens is 1. The standard InChI is InChI=1S/C18H28BN3O2/c1-12(2)22(13(3)4)16-14(10-20)9-15(11-21-16)19-23-17(5,6)18(7,8)24-19/h9,11-13H,1-8H3. The van der Waals surface area contributed by atoms with Gasteiger partial charge >= 0.3 is 7.12 Å². The molecule has 0 radical (unpaired) electrons. The van der Waals surface area contributed by atoms with E-state index in [0.717, 1.165) is 5.46 Å². The topological polar surface area (TPSA) is 58.4 Å². The Labute approximate surface area is 146 Å². The van der Waals surface area contributed by atoms with Gasteiger partial charge in [-0.05, 0) is 61.5 Å². The monoisotopic (exact) mass is 329 g/mol. The Hall–Kier alpha value is -1.58. The van der Waals surface area contributed by atoms with E-state index in [-0.39, 0.29) is 12.1 Å². The molecule has 1 aliphatic rings.